The molecular weight excluding hydrogens is 392 g/mol. The number of anilines is 1. The van der Waals surface area contributed by atoms with Crippen molar-refractivity contribution in [2.75, 3.05) is 19.5 Å². The summed E-state index contributed by atoms with van der Waals surface area (Å²) >= 11 is 5.23. The zero-order valence-corrected chi connectivity index (χ0v) is 16.9. The Hall–Kier alpha value is -3.66. The number of hydrogen-bond acceptors (Lipinski definition) is 6. The van der Waals surface area contributed by atoms with Crippen LogP contribution in [0.1, 0.15) is 16.2 Å². The Kier molecular flexibility index (Phi) is 6.25. The van der Waals surface area contributed by atoms with Crippen LogP contribution in [0.5, 0.6) is 11.5 Å². The fraction of sp³-hybridized carbons (Fsp3) is 0.158. The molecule has 10 heteroatoms. The summed E-state index contributed by atoms with van der Waals surface area (Å²) in [6, 6.07) is 14.6. The molecule has 0 aliphatic carbocycles. The number of aryl methyl sites for hydroxylation is 1. The Morgan fingerprint density at radius 3 is 2.48 bits per heavy atom. The first-order chi connectivity index (χ1) is 14.0. The van der Waals surface area contributed by atoms with Gasteiger partial charge in [0.1, 0.15) is 11.5 Å². The van der Waals surface area contributed by atoms with Gasteiger partial charge in [-0.2, -0.15) is 9.90 Å². The van der Waals surface area contributed by atoms with Crippen LogP contribution in [-0.4, -0.2) is 40.2 Å². The van der Waals surface area contributed by atoms with Gasteiger partial charge in [0.15, 0.2) is 10.8 Å². The number of carbonyl (C=O) groups excluding carboxylic acids is 1. The van der Waals surface area contributed by atoms with Crippen molar-refractivity contribution in [2.45, 2.75) is 6.92 Å². The third-order valence-electron chi connectivity index (χ3n) is 3.93. The van der Waals surface area contributed by atoms with Crippen LogP contribution in [0.3, 0.4) is 0 Å². The average Bonchev–Trinajstić information content (AvgIpc) is 3.14. The van der Waals surface area contributed by atoms with Crippen LogP contribution >= 0.6 is 12.2 Å². The summed E-state index contributed by atoms with van der Waals surface area (Å²) in [6.07, 6.45) is 0. The van der Waals surface area contributed by atoms with Gasteiger partial charge in [0.25, 0.3) is 5.91 Å². The fourth-order valence-electron chi connectivity index (χ4n) is 2.50. The van der Waals surface area contributed by atoms with Crippen molar-refractivity contribution < 1.29 is 14.3 Å². The summed E-state index contributed by atoms with van der Waals surface area (Å²) in [5.41, 5.74) is 7.17. The van der Waals surface area contributed by atoms with E-state index in [9.17, 15) is 4.79 Å². The van der Waals surface area contributed by atoms with Crippen LogP contribution in [0.15, 0.2) is 48.5 Å². The van der Waals surface area contributed by atoms with Gasteiger partial charge in [-0.1, -0.05) is 18.2 Å². The molecule has 29 heavy (non-hydrogen) atoms. The number of aromatic nitrogens is 3. The lowest BCUT2D eigenvalue weighted by molar-refractivity contribution is 0.0938. The van der Waals surface area contributed by atoms with E-state index in [4.69, 9.17) is 21.7 Å². The largest absolute Gasteiger partial charge is 0.497 e. The SMILES string of the molecule is COc1ccc(OC)c(NC(=S)NNC(=O)c2nn(-c3ccccc3)nc2C)c1. The maximum atomic E-state index is 12.5. The summed E-state index contributed by atoms with van der Waals surface area (Å²) in [4.78, 5) is 13.9. The molecule has 0 aliphatic rings. The number of hydrazine groups is 1. The normalized spacial score (nSPS) is 10.2. The molecule has 0 radical (unpaired) electrons. The molecule has 3 aromatic rings. The maximum Gasteiger partial charge on any atom is 0.292 e. The number of thiocarbonyl (C=S) groups is 1. The van der Waals surface area contributed by atoms with E-state index in [2.05, 4.69) is 26.4 Å². The van der Waals surface area contributed by atoms with E-state index in [1.807, 2.05) is 30.3 Å². The molecule has 0 atom stereocenters. The van der Waals surface area contributed by atoms with Gasteiger partial charge in [0.2, 0.25) is 0 Å². The number of ether oxygens (including phenoxy) is 2. The highest BCUT2D eigenvalue weighted by atomic mass is 32.1. The molecule has 0 aliphatic heterocycles. The standard InChI is InChI=1S/C19H20N6O3S/c1-12-17(24-25(23-12)13-7-5-4-6-8-13)18(26)21-22-19(29)20-15-11-14(27-2)9-10-16(15)28-3/h4-11H,1-3H3,(H,21,26)(H2,20,22,29). The van der Waals surface area contributed by atoms with Crippen LogP contribution in [-0.2, 0) is 0 Å². The highest BCUT2D eigenvalue weighted by molar-refractivity contribution is 7.80. The van der Waals surface area contributed by atoms with Gasteiger partial charge < -0.3 is 14.8 Å². The third kappa shape index (κ3) is 4.79. The second-order valence-corrected chi connectivity index (χ2v) is 6.27. The zero-order chi connectivity index (χ0) is 20.8. The third-order valence-corrected chi connectivity index (χ3v) is 4.13. The summed E-state index contributed by atoms with van der Waals surface area (Å²) in [6.45, 7) is 1.71. The van der Waals surface area contributed by atoms with Crippen molar-refractivity contribution in [1.29, 1.82) is 0 Å². The van der Waals surface area contributed by atoms with Crippen LogP contribution in [0, 0.1) is 6.92 Å². The summed E-state index contributed by atoms with van der Waals surface area (Å²) < 4.78 is 10.5. The van der Waals surface area contributed by atoms with E-state index >= 15 is 0 Å². The lowest BCUT2D eigenvalue weighted by atomic mass is 10.2. The summed E-state index contributed by atoms with van der Waals surface area (Å²) in [7, 11) is 3.11. The first-order valence-corrected chi connectivity index (χ1v) is 9.01. The Morgan fingerprint density at radius 1 is 1.03 bits per heavy atom. The van der Waals surface area contributed by atoms with Gasteiger partial charge in [0.05, 0.1) is 31.3 Å². The Balaban J connectivity index is 1.64. The number of carbonyl (C=O) groups is 1. The van der Waals surface area contributed by atoms with E-state index in [-0.39, 0.29) is 10.8 Å². The molecule has 1 heterocycles. The number of rotatable bonds is 5. The van der Waals surface area contributed by atoms with Gasteiger partial charge in [0, 0.05) is 6.07 Å². The number of para-hydroxylation sites is 1. The maximum absolute atomic E-state index is 12.5. The van der Waals surface area contributed by atoms with Crippen molar-refractivity contribution >= 4 is 28.9 Å². The Morgan fingerprint density at radius 2 is 1.79 bits per heavy atom. The van der Waals surface area contributed by atoms with Crippen LogP contribution in [0.25, 0.3) is 5.69 Å². The average molecular weight is 412 g/mol. The molecule has 0 saturated carbocycles. The first-order valence-electron chi connectivity index (χ1n) is 8.60. The number of hydrogen-bond donors (Lipinski definition) is 3. The summed E-state index contributed by atoms with van der Waals surface area (Å²) in [5.74, 6) is 0.739. The Bertz CT molecular complexity index is 1020. The quantitative estimate of drug-likeness (QED) is 0.433. The number of amides is 1. The molecule has 0 unspecified atom stereocenters. The van der Waals surface area contributed by atoms with E-state index in [1.165, 1.54) is 4.80 Å². The number of nitrogens with zero attached hydrogens (tertiary/aromatic N) is 3. The molecule has 0 fully saturated rings. The molecule has 1 aromatic heterocycles. The second-order valence-electron chi connectivity index (χ2n) is 5.86. The van der Waals surface area contributed by atoms with E-state index < -0.39 is 5.91 Å². The second kappa shape index (κ2) is 9.02. The minimum Gasteiger partial charge on any atom is -0.497 e. The lowest BCUT2D eigenvalue weighted by Crippen LogP contribution is -2.44. The molecular formula is C19H20N6O3S. The smallest absolute Gasteiger partial charge is 0.292 e. The molecule has 9 nitrogen and oxygen atoms in total. The molecule has 150 valence electrons. The molecule has 1 amide bonds. The van der Waals surface area contributed by atoms with E-state index in [0.717, 1.165) is 5.69 Å². The molecule has 0 saturated heterocycles. The highest BCUT2D eigenvalue weighted by Crippen LogP contribution is 2.28. The van der Waals surface area contributed by atoms with E-state index in [1.54, 1.807) is 39.3 Å². The highest BCUT2D eigenvalue weighted by Gasteiger charge is 2.16. The first kappa shape index (κ1) is 20.1. The van der Waals surface area contributed by atoms with Crippen LogP contribution < -0.4 is 25.6 Å². The molecule has 0 spiro atoms. The predicted molar refractivity (Wildman–Crippen MR) is 112 cm³/mol. The van der Waals surface area contributed by atoms with Crippen molar-refractivity contribution in [3.8, 4) is 17.2 Å². The topological polar surface area (TPSA) is 102 Å². The van der Waals surface area contributed by atoms with Gasteiger partial charge >= 0.3 is 0 Å². The fourth-order valence-corrected chi connectivity index (χ4v) is 2.66. The van der Waals surface area contributed by atoms with Crippen molar-refractivity contribution in [3.05, 3.63) is 59.9 Å². The van der Waals surface area contributed by atoms with Gasteiger partial charge in [-0.25, -0.2) is 0 Å². The van der Waals surface area contributed by atoms with Crippen LogP contribution in [0.2, 0.25) is 0 Å². The van der Waals surface area contributed by atoms with Gasteiger partial charge in [-0.3, -0.25) is 15.6 Å². The monoisotopic (exact) mass is 412 g/mol. The zero-order valence-electron chi connectivity index (χ0n) is 16.1. The number of methoxy groups -OCH3 is 2. The number of nitrogens with one attached hydrogen (secondary N) is 3. The predicted octanol–water partition coefficient (Wildman–Crippen LogP) is 2.22. The van der Waals surface area contributed by atoms with E-state index in [0.29, 0.717) is 22.9 Å². The minimum absolute atomic E-state index is 0.165. The lowest BCUT2D eigenvalue weighted by Gasteiger charge is -2.14. The minimum atomic E-state index is -0.466. The molecule has 3 N–H and O–H groups in total. The molecule has 3 rings (SSSR count). The van der Waals surface area contributed by atoms with Crippen LogP contribution in [0.4, 0.5) is 5.69 Å². The van der Waals surface area contributed by atoms with Crippen molar-refractivity contribution in [2.24, 2.45) is 0 Å². The van der Waals surface area contributed by atoms with Crippen molar-refractivity contribution in [3.63, 3.8) is 0 Å². The van der Waals surface area contributed by atoms with Gasteiger partial charge in [-0.15, -0.1) is 5.10 Å². The van der Waals surface area contributed by atoms with Gasteiger partial charge in [-0.05, 0) is 43.4 Å². The summed E-state index contributed by atoms with van der Waals surface area (Å²) in [5, 5.41) is 11.6. The molecule has 0 bridgehead atoms. The van der Waals surface area contributed by atoms with Crippen molar-refractivity contribution in [1.82, 2.24) is 25.8 Å². The molecule has 2 aromatic carbocycles. The number of benzene rings is 2. The Labute approximate surface area is 173 Å².